The maximum absolute atomic E-state index is 11.8. The Bertz CT molecular complexity index is 629. The SMILES string of the molecule is CCOc1ccc(CCNC(=O)NCCNC(=O)OC(C)(C)C)cc1OCC. The summed E-state index contributed by atoms with van der Waals surface area (Å²) >= 11 is 0. The zero-order chi connectivity index (χ0) is 21.0. The van der Waals surface area contributed by atoms with Crippen LogP contribution in [-0.4, -0.2) is 50.6 Å². The lowest BCUT2D eigenvalue weighted by atomic mass is 10.1. The topological polar surface area (TPSA) is 97.9 Å². The molecule has 0 saturated heterocycles. The van der Waals surface area contributed by atoms with Crippen molar-refractivity contribution in [3.63, 3.8) is 0 Å². The summed E-state index contributed by atoms with van der Waals surface area (Å²) in [6, 6.07) is 5.48. The molecule has 0 aliphatic heterocycles. The first-order valence-electron chi connectivity index (χ1n) is 9.62. The smallest absolute Gasteiger partial charge is 0.407 e. The largest absolute Gasteiger partial charge is 0.490 e. The summed E-state index contributed by atoms with van der Waals surface area (Å²) in [4.78, 5) is 23.3. The number of hydrogen-bond acceptors (Lipinski definition) is 5. The molecule has 0 fully saturated rings. The Labute approximate surface area is 167 Å². The van der Waals surface area contributed by atoms with E-state index >= 15 is 0 Å². The summed E-state index contributed by atoms with van der Waals surface area (Å²) in [5.41, 5.74) is 0.497. The molecule has 0 saturated carbocycles. The van der Waals surface area contributed by atoms with Crippen molar-refractivity contribution in [3.05, 3.63) is 23.8 Å². The molecule has 0 aromatic heterocycles. The first kappa shape index (κ1) is 23.4. The first-order valence-corrected chi connectivity index (χ1v) is 9.62. The van der Waals surface area contributed by atoms with Crippen LogP contribution in [0.3, 0.4) is 0 Å². The van der Waals surface area contributed by atoms with Crippen molar-refractivity contribution < 1.29 is 23.8 Å². The number of ether oxygens (including phenoxy) is 3. The van der Waals surface area contributed by atoms with Gasteiger partial charge < -0.3 is 30.2 Å². The Hall–Kier alpha value is -2.64. The van der Waals surface area contributed by atoms with Crippen molar-refractivity contribution in [1.82, 2.24) is 16.0 Å². The van der Waals surface area contributed by atoms with Crippen molar-refractivity contribution in [2.75, 3.05) is 32.8 Å². The fraction of sp³-hybridized carbons (Fsp3) is 0.600. The number of nitrogens with one attached hydrogen (secondary N) is 3. The van der Waals surface area contributed by atoms with E-state index in [1.165, 1.54) is 0 Å². The van der Waals surface area contributed by atoms with Crippen LogP contribution in [0.2, 0.25) is 0 Å². The van der Waals surface area contributed by atoms with Crippen LogP contribution >= 0.6 is 0 Å². The summed E-state index contributed by atoms with van der Waals surface area (Å²) in [7, 11) is 0. The minimum atomic E-state index is -0.544. The van der Waals surface area contributed by atoms with E-state index in [2.05, 4.69) is 16.0 Å². The summed E-state index contributed by atoms with van der Waals surface area (Å²) in [5, 5.41) is 8.04. The molecule has 3 amide bonds. The van der Waals surface area contributed by atoms with Crippen LogP contribution in [0.4, 0.5) is 9.59 Å². The van der Waals surface area contributed by atoms with Gasteiger partial charge in [0.25, 0.3) is 0 Å². The number of amides is 3. The highest BCUT2D eigenvalue weighted by molar-refractivity contribution is 5.74. The van der Waals surface area contributed by atoms with E-state index in [9.17, 15) is 9.59 Å². The molecule has 0 atom stereocenters. The van der Waals surface area contributed by atoms with E-state index in [1.54, 1.807) is 20.8 Å². The fourth-order valence-electron chi connectivity index (χ4n) is 2.29. The highest BCUT2D eigenvalue weighted by Crippen LogP contribution is 2.28. The maximum atomic E-state index is 11.8. The molecule has 0 bridgehead atoms. The third-order valence-electron chi connectivity index (χ3n) is 3.39. The Morgan fingerprint density at radius 3 is 2.14 bits per heavy atom. The lowest BCUT2D eigenvalue weighted by molar-refractivity contribution is 0.0528. The van der Waals surface area contributed by atoms with Crippen molar-refractivity contribution in [2.45, 2.75) is 46.6 Å². The van der Waals surface area contributed by atoms with Crippen LogP contribution < -0.4 is 25.4 Å². The predicted octanol–water partition coefficient (Wildman–Crippen LogP) is 2.85. The molecule has 0 radical (unpaired) electrons. The van der Waals surface area contributed by atoms with Gasteiger partial charge in [-0.1, -0.05) is 6.07 Å². The molecule has 3 N–H and O–H groups in total. The van der Waals surface area contributed by atoms with Crippen LogP contribution in [0.15, 0.2) is 18.2 Å². The first-order chi connectivity index (χ1) is 13.2. The summed E-state index contributed by atoms with van der Waals surface area (Å²) < 4.78 is 16.3. The van der Waals surface area contributed by atoms with Crippen molar-refractivity contribution in [2.24, 2.45) is 0 Å². The molecule has 0 spiro atoms. The molecule has 1 rings (SSSR count). The number of hydrogen-bond donors (Lipinski definition) is 3. The van der Waals surface area contributed by atoms with Gasteiger partial charge >= 0.3 is 12.1 Å². The van der Waals surface area contributed by atoms with Gasteiger partial charge in [-0.15, -0.1) is 0 Å². The van der Waals surface area contributed by atoms with Gasteiger partial charge in [0.05, 0.1) is 13.2 Å². The van der Waals surface area contributed by atoms with Crippen LogP contribution in [-0.2, 0) is 11.2 Å². The Morgan fingerprint density at radius 1 is 0.893 bits per heavy atom. The van der Waals surface area contributed by atoms with E-state index in [4.69, 9.17) is 14.2 Å². The molecular weight excluding hydrogens is 362 g/mol. The van der Waals surface area contributed by atoms with Gasteiger partial charge in [0, 0.05) is 19.6 Å². The van der Waals surface area contributed by atoms with Crippen molar-refractivity contribution >= 4 is 12.1 Å². The monoisotopic (exact) mass is 395 g/mol. The molecule has 0 heterocycles. The quantitative estimate of drug-likeness (QED) is 0.529. The van der Waals surface area contributed by atoms with Gasteiger partial charge in [0.2, 0.25) is 0 Å². The second kappa shape index (κ2) is 11.9. The number of carbonyl (C=O) groups excluding carboxylic acids is 2. The highest BCUT2D eigenvalue weighted by Gasteiger charge is 2.15. The van der Waals surface area contributed by atoms with Gasteiger partial charge in [-0.2, -0.15) is 0 Å². The fourth-order valence-corrected chi connectivity index (χ4v) is 2.29. The lowest BCUT2D eigenvalue weighted by Gasteiger charge is -2.19. The van der Waals surface area contributed by atoms with Gasteiger partial charge in [-0.05, 0) is 58.7 Å². The van der Waals surface area contributed by atoms with Crippen LogP contribution in [0.5, 0.6) is 11.5 Å². The highest BCUT2D eigenvalue weighted by atomic mass is 16.6. The van der Waals surface area contributed by atoms with E-state index < -0.39 is 11.7 Å². The van der Waals surface area contributed by atoms with Crippen LogP contribution in [0.1, 0.15) is 40.2 Å². The number of alkyl carbamates (subject to hydrolysis) is 1. The zero-order valence-electron chi connectivity index (χ0n) is 17.5. The third kappa shape index (κ3) is 9.89. The molecular formula is C20H33N3O5. The van der Waals surface area contributed by atoms with Crippen LogP contribution in [0, 0.1) is 0 Å². The summed E-state index contributed by atoms with van der Waals surface area (Å²) in [6.07, 6.45) is 0.158. The Balaban J connectivity index is 2.29. The van der Waals surface area contributed by atoms with E-state index in [-0.39, 0.29) is 6.03 Å². The summed E-state index contributed by atoms with van der Waals surface area (Å²) in [5.74, 6) is 1.43. The maximum Gasteiger partial charge on any atom is 0.407 e. The van der Waals surface area contributed by atoms with E-state index in [0.717, 1.165) is 11.3 Å². The molecule has 1 aromatic carbocycles. The zero-order valence-corrected chi connectivity index (χ0v) is 17.5. The second-order valence-corrected chi connectivity index (χ2v) is 7.01. The van der Waals surface area contributed by atoms with Crippen molar-refractivity contribution in [3.8, 4) is 11.5 Å². The summed E-state index contributed by atoms with van der Waals surface area (Å²) in [6.45, 7) is 11.4. The molecule has 1 aromatic rings. The molecule has 0 unspecified atom stereocenters. The van der Waals surface area contributed by atoms with Gasteiger partial charge in [-0.3, -0.25) is 0 Å². The molecule has 8 nitrogen and oxygen atoms in total. The predicted molar refractivity (Wildman–Crippen MR) is 108 cm³/mol. The van der Waals surface area contributed by atoms with Gasteiger partial charge in [-0.25, -0.2) is 9.59 Å². The van der Waals surface area contributed by atoms with Gasteiger partial charge in [0.15, 0.2) is 11.5 Å². The minimum absolute atomic E-state index is 0.290. The Kier molecular flexibility index (Phi) is 9.98. The molecule has 158 valence electrons. The second-order valence-electron chi connectivity index (χ2n) is 7.01. The number of urea groups is 1. The molecule has 0 aliphatic carbocycles. The minimum Gasteiger partial charge on any atom is -0.490 e. The van der Waals surface area contributed by atoms with Crippen molar-refractivity contribution in [1.29, 1.82) is 0 Å². The lowest BCUT2D eigenvalue weighted by Crippen LogP contribution is -2.41. The number of carbonyl (C=O) groups is 2. The van der Waals surface area contributed by atoms with E-state index in [0.29, 0.717) is 45.0 Å². The standard InChI is InChI=1S/C20H33N3O5/c1-6-26-16-9-8-15(14-17(16)27-7-2)10-11-21-18(24)22-12-13-23-19(25)28-20(3,4)5/h8-9,14H,6-7,10-13H2,1-5H3,(H,23,25)(H2,21,22,24). The average Bonchev–Trinajstić information content (AvgIpc) is 2.60. The molecule has 28 heavy (non-hydrogen) atoms. The number of benzene rings is 1. The van der Waals surface area contributed by atoms with E-state index in [1.807, 2.05) is 32.0 Å². The normalized spacial score (nSPS) is 10.8. The molecule has 0 aliphatic rings. The number of rotatable bonds is 10. The van der Waals surface area contributed by atoms with Crippen LogP contribution in [0.25, 0.3) is 0 Å². The Morgan fingerprint density at radius 2 is 1.50 bits per heavy atom. The van der Waals surface area contributed by atoms with Gasteiger partial charge in [0.1, 0.15) is 5.60 Å². The molecule has 8 heteroatoms. The third-order valence-corrected chi connectivity index (χ3v) is 3.39. The average molecular weight is 396 g/mol.